The Balaban J connectivity index is 1.56. The molecule has 3 rings (SSSR count). The molecule has 0 aliphatic heterocycles. The van der Waals surface area contributed by atoms with E-state index in [1.54, 1.807) is 0 Å². The van der Waals surface area contributed by atoms with Crippen LogP contribution in [-0.4, -0.2) is 4.98 Å². The van der Waals surface area contributed by atoms with E-state index in [9.17, 15) is 0 Å². The van der Waals surface area contributed by atoms with Crippen LogP contribution in [0.4, 0.5) is 0 Å². The molecule has 2 aromatic carbocycles. The number of nitrogens with zero attached hydrogens (tertiary/aromatic N) is 1. The predicted octanol–water partition coefficient (Wildman–Crippen LogP) is 7.51. The Morgan fingerprint density at radius 1 is 0.667 bits per heavy atom. The van der Waals surface area contributed by atoms with Gasteiger partial charge in [-0.2, -0.15) is 0 Å². The van der Waals surface area contributed by atoms with Crippen molar-refractivity contribution in [2.75, 3.05) is 0 Å². The first-order chi connectivity index (χ1) is 13.4. The van der Waals surface area contributed by atoms with Crippen LogP contribution in [0.25, 0.3) is 10.8 Å². The molecule has 1 aromatic heterocycles. The number of unbranched alkanes of at least 4 members (excludes halogenated alkanes) is 7. The molecule has 1 heteroatoms. The molecule has 27 heavy (non-hydrogen) atoms. The summed E-state index contributed by atoms with van der Waals surface area (Å²) in [5.74, 6) is 0. The maximum absolute atomic E-state index is 4.41. The van der Waals surface area contributed by atoms with Crippen LogP contribution in [0.3, 0.4) is 0 Å². The first-order valence-electron chi connectivity index (χ1n) is 10.8. The van der Waals surface area contributed by atoms with Crippen LogP contribution in [-0.2, 0) is 12.8 Å². The maximum atomic E-state index is 4.41. The van der Waals surface area contributed by atoms with Gasteiger partial charge in [-0.05, 0) is 52.8 Å². The molecule has 0 unspecified atom stereocenters. The highest BCUT2D eigenvalue weighted by molar-refractivity contribution is 5.85. The standard InChI is InChI=1S/C26H33N/c1-2-3-4-5-6-7-8-9-13-22-18-19-27-21-25(22)20-24-16-12-15-23-14-10-11-17-26(23)24/h10-12,14-19,21H,2-9,13,20H2,1H3. The van der Waals surface area contributed by atoms with Gasteiger partial charge in [0.2, 0.25) is 0 Å². The van der Waals surface area contributed by atoms with Crippen LogP contribution < -0.4 is 0 Å². The minimum atomic E-state index is 0.974. The molecule has 0 saturated carbocycles. The summed E-state index contributed by atoms with van der Waals surface area (Å²) in [7, 11) is 0. The van der Waals surface area contributed by atoms with E-state index in [1.165, 1.54) is 85.3 Å². The van der Waals surface area contributed by atoms with Gasteiger partial charge in [-0.15, -0.1) is 0 Å². The number of benzene rings is 2. The van der Waals surface area contributed by atoms with E-state index in [0.29, 0.717) is 0 Å². The van der Waals surface area contributed by atoms with E-state index in [2.05, 4.69) is 66.6 Å². The van der Waals surface area contributed by atoms with Crippen LogP contribution in [0.2, 0.25) is 0 Å². The van der Waals surface area contributed by atoms with Crippen molar-refractivity contribution in [3.05, 3.63) is 77.6 Å². The maximum Gasteiger partial charge on any atom is 0.0305 e. The first kappa shape index (κ1) is 19.6. The molecule has 0 radical (unpaired) electrons. The normalized spacial score (nSPS) is 11.1. The lowest BCUT2D eigenvalue weighted by molar-refractivity contribution is 0.575. The molecule has 1 heterocycles. The minimum absolute atomic E-state index is 0.974. The van der Waals surface area contributed by atoms with Gasteiger partial charge in [-0.3, -0.25) is 4.98 Å². The van der Waals surface area contributed by atoms with Crippen molar-refractivity contribution in [3.63, 3.8) is 0 Å². The molecular formula is C26H33N. The number of aromatic nitrogens is 1. The van der Waals surface area contributed by atoms with Crippen LogP contribution in [0, 0.1) is 0 Å². The summed E-state index contributed by atoms with van der Waals surface area (Å²) >= 11 is 0. The summed E-state index contributed by atoms with van der Waals surface area (Å²) in [5.41, 5.74) is 4.26. The molecule has 0 atom stereocenters. The molecule has 0 aliphatic rings. The Morgan fingerprint density at radius 3 is 2.26 bits per heavy atom. The summed E-state index contributed by atoms with van der Waals surface area (Å²) in [5, 5.41) is 2.69. The predicted molar refractivity (Wildman–Crippen MR) is 117 cm³/mol. The van der Waals surface area contributed by atoms with Gasteiger partial charge in [0, 0.05) is 12.4 Å². The van der Waals surface area contributed by atoms with Crippen molar-refractivity contribution in [3.8, 4) is 0 Å². The third kappa shape index (κ3) is 5.92. The Hall–Kier alpha value is -2.15. The van der Waals surface area contributed by atoms with E-state index < -0.39 is 0 Å². The smallest absolute Gasteiger partial charge is 0.0305 e. The van der Waals surface area contributed by atoms with Crippen molar-refractivity contribution in [1.29, 1.82) is 0 Å². The zero-order valence-electron chi connectivity index (χ0n) is 16.8. The van der Waals surface area contributed by atoms with Gasteiger partial charge in [0.15, 0.2) is 0 Å². The minimum Gasteiger partial charge on any atom is -0.264 e. The second kappa shape index (κ2) is 10.9. The average Bonchev–Trinajstić information content (AvgIpc) is 2.71. The molecule has 0 amide bonds. The topological polar surface area (TPSA) is 12.9 Å². The Morgan fingerprint density at radius 2 is 1.41 bits per heavy atom. The summed E-state index contributed by atoms with van der Waals surface area (Å²) in [4.78, 5) is 4.41. The molecule has 142 valence electrons. The van der Waals surface area contributed by atoms with E-state index >= 15 is 0 Å². The highest BCUT2D eigenvalue weighted by Crippen LogP contribution is 2.23. The van der Waals surface area contributed by atoms with Gasteiger partial charge in [0.25, 0.3) is 0 Å². The lowest BCUT2D eigenvalue weighted by Gasteiger charge is -2.11. The zero-order chi connectivity index (χ0) is 18.7. The number of rotatable bonds is 11. The number of aryl methyl sites for hydroxylation is 1. The monoisotopic (exact) mass is 359 g/mol. The van der Waals surface area contributed by atoms with Crippen molar-refractivity contribution in [1.82, 2.24) is 4.98 Å². The first-order valence-corrected chi connectivity index (χ1v) is 10.8. The van der Waals surface area contributed by atoms with Gasteiger partial charge < -0.3 is 0 Å². The molecule has 0 bridgehead atoms. The fraction of sp³-hybridized carbons (Fsp3) is 0.423. The lowest BCUT2D eigenvalue weighted by atomic mass is 9.95. The summed E-state index contributed by atoms with van der Waals surface area (Å²) < 4.78 is 0. The molecule has 1 nitrogen and oxygen atoms in total. The van der Waals surface area contributed by atoms with Crippen molar-refractivity contribution in [2.45, 2.75) is 71.1 Å². The van der Waals surface area contributed by atoms with Gasteiger partial charge >= 0.3 is 0 Å². The van der Waals surface area contributed by atoms with Gasteiger partial charge in [0.05, 0.1) is 0 Å². The van der Waals surface area contributed by atoms with Crippen LogP contribution >= 0.6 is 0 Å². The third-order valence-corrected chi connectivity index (χ3v) is 5.57. The van der Waals surface area contributed by atoms with Crippen LogP contribution in [0.1, 0.15) is 75.0 Å². The van der Waals surface area contributed by atoms with E-state index in [4.69, 9.17) is 0 Å². The molecule has 0 fully saturated rings. The molecule has 3 aromatic rings. The number of hydrogen-bond acceptors (Lipinski definition) is 1. The van der Waals surface area contributed by atoms with Gasteiger partial charge in [0.1, 0.15) is 0 Å². The van der Waals surface area contributed by atoms with Crippen molar-refractivity contribution in [2.24, 2.45) is 0 Å². The second-order valence-electron chi connectivity index (χ2n) is 7.68. The summed E-state index contributed by atoms with van der Waals surface area (Å²) in [6.07, 6.45) is 17.2. The second-order valence-corrected chi connectivity index (χ2v) is 7.68. The Labute approximate surface area is 164 Å². The largest absolute Gasteiger partial charge is 0.264 e. The molecule has 0 N–H and O–H groups in total. The SMILES string of the molecule is CCCCCCCCCCc1ccncc1Cc1cccc2ccccc12. The average molecular weight is 360 g/mol. The fourth-order valence-corrected chi connectivity index (χ4v) is 3.96. The van der Waals surface area contributed by atoms with Crippen molar-refractivity contribution < 1.29 is 0 Å². The van der Waals surface area contributed by atoms with Crippen molar-refractivity contribution >= 4 is 10.8 Å². The third-order valence-electron chi connectivity index (χ3n) is 5.57. The highest BCUT2D eigenvalue weighted by Gasteiger charge is 2.07. The van der Waals surface area contributed by atoms with E-state index in [0.717, 1.165) is 6.42 Å². The number of hydrogen-bond donors (Lipinski definition) is 0. The lowest BCUT2D eigenvalue weighted by Crippen LogP contribution is -1.98. The van der Waals surface area contributed by atoms with Crippen LogP contribution in [0.5, 0.6) is 0 Å². The fourth-order valence-electron chi connectivity index (χ4n) is 3.96. The Kier molecular flexibility index (Phi) is 7.89. The van der Waals surface area contributed by atoms with Crippen LogP contribution in [0.15, 0.2) is 60.9 Å². The number of pyridine rings is 1. The zero-order valence-corrected chi connectivity index (χ0v) is 16.8. The number of fused-ring (bicyclic) bond motifs is 1. The summed E-state index contributed by atoms with van der Waals surface area (Å²) in [6.45, 7) is 2.28. The molecule has 0 aliphatic carbocycles. The summed E-state index contributed by atoms with van der Waals surface area (Å²) in [6, 6.07) is 17.5. The quantitative estimate of drug-likeness (QED) is 0.323. The van der Waals surface area contributed by atoms with E-state index in [-0.39, 0.29) is 0 Å². The molecule has 0 saturated heterocycles. The molecular weight excluding hydrogens is 326 g/mol. The van der Waals surface area contributed by atoms with Gasteiger partial charge in [-0.25, -0.2) is 0 Å². The highest BCUT2D eigenvalue weighted by atomic mass is 14.6. The van der Waals surface area contributed by atoms with E-state index in [1.807, 2.05) is 6.20 Å². The molecule has 0 spiro atoms. The van der Waals surface area contributed by atoms with Gasteiger partial charge in [-0.1, -0.05) is 94.3 Å². The Bertz CT molecular complexity index is 816.